The van der Waals surface area contributed by atoms with Crippen LogP contribution >= 0.6 is 0 Å². The molecule has 0 aromatic heterocycles. The Morgan fingerprint density at radius 1 is 1.11 bits per heavy atom. The van der Waals surface area contributed by atoms with Gasteiger partial charge in [0.15, 0.2) is 0 Å². The molecule has 1 aromatic rings. The third kappa shape index (κ3) is 10.6. The van der Waals surface area contributed by atoms with Crippen LogP contribution in [0.15, 0.2) is 18.2 Å². The molecule has 0 radical (unpaired) electrons. The van der Waals surface area contributed by atoms with Crippen LogP contribution in [-0.4, -0.2) is 66.5 Å². The average Bonchev–Trinajstić information content (AvgIpc) is 2.77. The first-order valence-corrected chi connectivity index (χ1v) is 11.6. The van der Waals surface area contributed by atoms with Crippen molar-refractivity contribution >= 4 is 29.8 Å². The van der Waals surface area contributed by atoms with E-state index < -0.39 is 60.6 Å². The summed E-state index contributed by atoms with van der Waals surface area (Å²) in [4.78, 5) is 63.5. The molecule has 4 amide bonds. The number of nitrogens with one attached hydrogen (secondary N) is 2. The van der Waals surface area contributed by atoms with Crippen molar-refractivity contribution in [1.82, 2.24) is 15.5 Å². The van der Waals surface area contributed by atoms with E-state index in [0.717, 1.165) is 23.1 Å². The van der Waals surface area contributed by atoms with Gasteiger partial charge in [0.2, 0.25) is 17.7 Å². The van der Waals surface area contributed by atoms with Crippen LogP contribution in [0.25, 0.3) is 0 Å². The molecule has 0 aliphatic carbocycles. The summed E-state index contributed by atoms with van der Waals surface area (Å²) in [5, 5.41) is 14.4. The summed E-state index contributed by atoms with van der Waals surface area (Å²) in [6, 6.07) is 4.40. The van der Waals surface area contributed by atoms with Crippen molar-refractivity contribution in [2.24, 2.45) is 5.73 Å². The van der Waals surface area contributed by atoms with Crippen LogP contribution in [0, 0.1) is 25.2 Å². The fourth-order valence-electron chi connectivity index (χ4n) is 3.54. The number of rotatable bonds is 11. The number of benzene rings is 1. The molecule has 0 spiro atoms. The maximum Gasteiger partial charge on any atom is 0.408 e. The van der Waals surface area contributed by atoms with Crippen LogP contribution in [-0.2, 0) is 28.7 Å². The molecule has 0 fully saturated rings. The van der Waals surface area contributed by atoms with E-state index in [1.807, 2.05) is 12.1 Å². The second kappa shape index (κ2) is 13.8. The third-order valence-electron chi connectivity index (χ3n) is 4.95. The molecule has 0 bridgehead atoms. The topological polar surface area (TPSA) is 181 Å². The van der Waals surface area contributed by atoms with Gasteiger partial charge in [-0.15, -0.1) is 0 Å². The van der Waals surface area contributed by atoms with E-state index in [1.54, 1.807) is 46.8 Å². The van der Waals surface area contributed by atoms with Crippen molar-refractivity contribution in [3.05, 3.63) is 34.9 Å². The van der Waals surface area contributed by atoms with E-state index in [2.05, 4.69) is 15.4 Å². The van der Waals surface area contributed by atoms with Crippen molar-refractivity contribution in [2.75, 3.05) is 20.2 Å². The first-order chi connectivity index (χ1) is 17.2. The molecule has 1 rings (SSSR count). The number of aryl methyl sites for hydroxylation is 2. The Balaban J connectivity index is 3.51. The zero-order valence-corrected chi connectivity index (χ0v) is 22.0. The number of nitriles is 1. The molecule has 1 aromatic carbocycles. The van der Waals surface area contributed by atoms with Crippen molar-refractivity contribution in [3.63, 3.8) is 0 Å². The first-order valence-electron chi connectivity index (χ1n) is 11.6. The van der Waals surface area contributed by atoms with E-state index in [0.29, 0.717) is 5.56 Å². The number of hydrogen-bond acceptors (Lipinski definition) is 8. The van der Waals surface area contributed by atoms with Gasteiger partial charge >= 0.3 is 12.1 Å². The van der Waals surface area contributed by atoms with Crippen LogP contribution in [0.3, 0.4) is 0 Å². The second-order valence-corrected chi connectivity index (χ2v) is 9.45. The fraction of sp³-hybridized carbons (Fsp3) is 0.520. The Hall–Kier alpha value is -4.14. The number of alkyl carbamates (subject to hydrolysis) is 1. The van der Waals surface area contributed by atoms with Gasteiger partial charge in [0.25, 0.3) is 0 Å². The smallest absolute Gasteiger partial charge is 0.408 e. The summed E-state index contributed by atoms with van der Waals surface area (Å²) in [5.74, 6) is -2.98. The lowest BCUT2D eigenvalue weighted by molar-refractivity contribution is -0.144. The zero-order valence-electron chi connectivity index (χ0n) is 22.0. The van der Waals surface area contributed by atoms with Crippen LogP contribution in [0.4, 0.5) is 4.79 Å². The Kier molecular flexibility index (Phi) is 11.5. The molecular formula is C25H35N5O7. The lowest BCUT2D eigenvalue weighted by atomic mass is 9.98. The van der Waals surface area contributed by atoms with Gasteiger partial charge in [-0.3, -0.25) is 19.2 Å². The van der Waals surface area contributed by atoms with Gasteiger partial charge in [-0.25, -0.2) is 4.79 Å². The second-order valence-electron chi connectivity index (χ2n) is 9.45. The largest absolute Gasteiger partial charge is 0.468 e. The quantitative estimate of drug-likeness (QED) is 0.288. The standard InChI is InChI=1S/C25H35N5O7/c1-15-11-16(2)13-17(12-15)21(22(33)28-14-20(32)36-6)30(10-9-26)23(34)18(7-8-19(27)31)29-24(35)37-25(3,4)5/h11-13,18,21H,7-8,10,14H2,1-6H3,(H2,27,31)(H,28,33)(H,29,35). The van der Waals surface area contributed by atoms with Crippen molar-refractivity contribution in [1.29, 1.82) is 5.26 Å². The number of primary amides is 1. The molecule has 0 heterocycles. The zero-order chi connectivity index (χ0) is 28.3. The summed E-state index contributed by atoms with van der Waals surface area (Å²) in [6.07, 6.45) is -1.38. The number of carbonyl (C=O) groups is 5. The van der Waals surface area contributed by atoms with Gasteiger partial charge < -0.3 is 30.7 Å². The summed E-state index contributed by atoms with van der Waals surface area (Å²) in [6.45, 7) is 7.51. The van der Waals surface area contributed by atoms with E-state index >= 15 is 0 Å². The van der Waals surface area contributed by atoms with E-state index in [9.17, 15) is 29.2 Å². The highest BCUT2D eigenvalue weighted by atomic mass is 16.6. The van der Waals surface area contributed by atoms with Gasteiger partial charge in [0.05, 0.1) is 13.2 Å². The first kappa shape index (κ1) is 30.9. The minimum atomic E-state index is -1.34. The maximum atomic E-state index is 13.7. The summed E-state index contributed by atoms with van der Waals surface area (Å²) >= 11 is 0. The SMILES string of the molecule is COC(=O)CNC(=O)C(c1cc(C)cc(C)c1)N(CC#N)C(=O)C(CCC(N)=O)NC(=O)OC(C)(C)C. The molecule has 0 aliphatic rings. The normalized spacial score (nSPS) is 12.4. The van der Waals surface area contributed by atoms with Crippen LogP contribution in [0.2, 0.25) is 0 Å². The van der Waals surface area contributed by atoms with Crippen LogP contribution < -0.4 is 16.4 Å². The number of carbonyl (C=O) groups excluding carboxylic acids is 5. The summed E-state index contributed by atoms with van der Waals surface area (Å²) < 4.78 is 9.80. The Morgan fingerprint density at radius 3 is 2.19 bits per heavy atom. The molecule has 202 valence electrons. The summed E-state index contributed by atoms with van der Waals surface area (Å²) in [7, 11) is 1.16. The Labute approximate surface area is 216 Å². The van der Waals surface area contributed by atoms with E-state index in [1.165, 1.54) is 0 Å². The van der Waals surface area contributed by atoms with Crippen LogP contribution in [0.5, 0.6) is 0 Å². The lowest BCUT2D eigenvalue weighted by Crippen LogP contribution is -2.53. The Morgan fingerprint density at radius 2 is 1.70 bits per heavy atom. The number of hydrogen-bond donors (Lipinski definition) is 3. The summed E-state index contributed by atoms with van der Waals surface area (Å²) in [5.41, 5.74) is 6.35. The average molecular weight is 518 g/mol. The van der Waals surface area contributed by atoms with Crippen LogP contribution in [0.1, 0.15) is 56.3 Å². The number of nitrogens with zero attached hydrogens (tertiary/aromatic N) is 2. The monoisotopic (exact) mass is 517 g/mol. The third-order valence-corrected chi connectivity index (χ3v) is 4.95. The molecule has 2 unspecified atom stereocenters. The number of amides is 4. The molecule has 0 saturated heterocycles. The van der Waals surface area contributed by atoms with Crippen molar-refractivity contribution in [3.8, 4) is 6.07 Å². The highest BCUT2D eigenvalue weighted by Crippen LogP contribution is 2.25. The fourth-order valence-corrected chi connectivity index (χ4v) is 3.54. The predicted octanol–water partition coefficient (Wildman–Crippen LogP) is 1.14. The molecule has 12 heteroatoms. The molecule has 12 nitrogen and oxygen atoms in total. The molecule has 4 N–H and O–H groups in total. The highest BCUT2D eigenvalue weighted by molar-refractivity contribution is 5.93. The number of esters is 1. The number of methoxy groups -OCH3 is 1. The predicted molar refractivity (Wildman–Crippen MR) is 133 cm³/mol. The molecule has 2 atom stereocenters. The minimum Gasteiger partial charge on any atom is -0.468 e. The number of ether oxygens (including phenoxy) is 2. The van der Waals surface area contributed by atoms with Gasteiger partial charge in [0.1, 0.15) is 30.8 Å². The Bertz CT molecular complexity index is 1040. The van der Waals surface area contributed by atoms with Gasteiger partial charge in [-0.05, 0) is 46.6 Å². The molecule has 0 saturated carbocycles. The van der Waals surface area contributed by atoms with Gasteiger partial charge in [-0.2, -0.15) is 5.26 Å². The molecule has 37 heavy (non-hydrogen) atoms. The maximum absolute atomic E-state index is 13.7. The minimum absolute atomic E-state index is 0.196. The highest BCUT2D eigenvalue weighted by Gasteiger charge is 2.36. The molecular weight excluding hydrogens is 482 g/mol. The van der Waals surface area contributed by atoms with E-state index in [-0.39, 0.29) is 12.8 Å². The lowest BCUT2D eigenvalue weighted by Gasteiger charge is -2.33. The molecule has 0 aliphatic heterocycles. The number of nitrogens with two attached hydrogens (primary N) is 1. The van der Waals surface area contributed by atoms with E-state index in [4.69, 9.17) is 10.5 Å². The van der Waals surface area contributed by atoms with Crippen molar-refractivity contribution < 1.29 is 33.4 Å². The van der Waals surface area contributed by atoms with Gasteiger partial charge in [0, 0.05) is 6.42 Å². The van der Waals surface area contributed by atoms with Crippen molar-refractivity contribution in [2.45, 2.75) is 65.1 Å². The van der Waals surface area contributed by atoms with Gasteiger partial charge in [-0.1, -0.05) is 29.3 Å².